The van der Waals surface area contributed by atoms with Gasteiger partial charge in [-0.25, -0.2) is 4.79 Å². The Morgan fingerprint density at radius 1 is 1.26 bits per heavy atom. The molecule has 10 heteroatoms. The van der Waals surface area contributed by atoms with Gasteiger partial charge in [-0.15, -0.1) is 0 Å². The van der Waals surface area contributed by atoms with Crippen molar-refractivity contribution >= 4 is 11.6 Å². The zero-order valence-electron chi connectivity index (χ0n) is 14.4. The summed E-state index contributed by atoms with van der Waals surface area (Å²) >= 11 is 5.82. The third-order valence-corrected chi connectivity index (χ3v) is 4.35. The van der Waals surface area contributed by atoms with E-state index in [0.29, 0.717) is 10.6 Å². The number of rotatable bonds is 6. The van der Waals surface area contributed by atoms with E-state index in [2.05, 4.69) is 10.1 Å². The summed E-state index contributed by atoms with van der Waals surface area (Å²) in [5.74, 6) is 0.300. The number of aliphatic hydroxyl groups excluding tert-OH is 2. The van der Waals surface area contributed by atoms with Crippen molar-refractivity contribution in [1.29, 1.82) is 0 Å². The lowest BCUT2D eigenvalue weighted by Gasteiger charge is -2.08. The molecular formula is C17H17ClN4O5. The largest absolute Gasteiger partial charge is 0.390 e. The summed E-state index contributed by atoms with van der Waals surface area (Å²) in [7, 11) is 1.45. The molecule has 0 radical (unpaired) electrons. The lowest BCUT2D eigenvalue weighted by atomic mass is 10.1. The van der Waals surface area contributed by atoms with E-state index >= 15 is 0 Å². The number of benzene rings is 1. The highest BCUT2D eigenvalue weighted by atomic mass is 35.5. The zero-order chi connectivity index (χ0) is 19.6. The van der Waals surface area contributed by atoms with Gasteiger partial charge in [0.1, 0.15) is 6.54 Å². The van der Waals surface area contributed by atoms with Gasteiger partial charge in [0.25, 0.3) is 5.56 Å². The Kier molecular flexibility index (Phi) is 5.54. The van der Waals surface area contributed by atoms with Gasteiger partial charge in [0.05, 0.1) is 18.4 Å². The number of aromatic nitrogens is 4. The van der Waals surface area contributed by atoms with Crippen LogP contribution >= 0.6 is 11.6 Å². The van der Waals surface area contributed by atoms with E-state index in [9.17, 15) is 14.7 Å². The van der Waals surface area contributed by atoms with Crippen LogP contribution in [0.5, 0.6) is 0 Å². The van der Waals surface area contributed by atoms with Gasteiger partial charge >= 0.3 is 5.69 Å². The number of aliphatic hydroxyl groups is 2. The minimum absolute atomic E-state index is 0.0595. The Balaban J connectivity index is 1.77. The first kappa shape index (κ1) is 19.0. The molecule has 1 aromatic carbocycles. The predicted molar refractivity (Wildman–Crippen MR) is 95.4 cm³/mol. The Labute approximate surface area is 158 Å². The topological polar surface area (TPSA) is 123 Å². The lowest BCUT2D eigenvalue weighted by molar-refractivity contribution is 0.174. The number of hydrogen-bond acceptors (Lipinski definition) is 7. The number of nitrogens with zero attached hydrogens (tertiary/aromatic N) is 4. The average molecular weight is 393 g/mol. The fourth-order valence-electron chi connectivity index (χ4n) is 2.56. The molecule has 0 fully saturated rings. The molecule has 0 unspecified atom stereocenters. The van der Waals surface area contributed by atoms with E-state index in [1.54, 1.807) is 24.3 Å². The second-order valence-corrected chi connectivity index (χ2v) is 6.37. The van der Waals surface area contributed by atoms with Gasteiger partial charge in [0, 0.05) is 24.6 Å². The highest BCUT2D eigenvalue weighted by Crippen LogP contribution is 2.19. The normalized spacial score (nSPS) is 12.3. The van der Waals surface area contributed by atoms with Crippen molar-refractivity contribution in [2.24, 2.45) is 7.05 Å². The Bertz CT molecular complexity index is 1050. The van der Waals surface area contributed by atoms with Gasteiger partial charge in [0.2, 0.25) is 5.89 Å². The van der Waals surface area contributed by atoms with Crippen molar-refractivity contribution in [3.8, 4) is 0 Å². The fraction of sp³-hybridized carbons (Fsp3) is 0.294. The van der Waals surface area contributed by atoms with Crippen molar-refractivity contribution in [1.82, 2.24) is 19.3 Å². The monoisotopic (exact) mass is 392 g/mol. The lowest BCUT2D eigenvalue weighted by Crippen LogP contribution is -2.40. The third-order valence-electron chi connectivity index (χ3n) is 4.10. The van der Waals surface area contributed by atoms with Crippen LogP contribution in [0.1, 0.15) is 29.1 Å². The first-order valence-electron chi connectivity index (χ1n) is 8.04. The van der Waals surface area contributed by atoms with Gasteiger partial charge in [-0.2, -0.15) is 4.98 Å². The van der Waals surface area contributed by atoms with Crippen molar-refractivity contribution in [3.05, 3.63) is 79.2 Å². The average Bonchev–Trinajstić information content (AvgIpc) is 3.09. The summed E-state index contributed by atoms with van der Waals surface area (Å²) in [5.41, 5.74) is -0.329. The summed E-state index contributed by atoms with van der Waals surface area (Å²) in [6.45, 7) is -0.629. The van der Waals surface area contributed by atoms with Crippen LogP contribution in [0.2, 0.25) is 5.02 Å². The van der Waals surface area contributed by atoms with Gasteiger partial charge in [-0.3, -0.25) is 13.9 Å². The predicted octanol–water partition coefficient (Wildman–Crippen LogP) is 0.400. The maximum Gasteiger partial charge on any atom is 0.331 e. The smallest absolute Gasteiger partial charge is 0.331 e. The van der Waals surface area contributed by atoms with Crippen molar-refractivity contribution < 1.29 is 14.7 Å². The molecule has 9 nitrogen and oxygen atoms in total. The Morgan fingerprint density at radius 2 is 1.96 bits per heavy atom. The number of halogens is 1. The third kappa shape index (κ3) is 4.16. The van der Waals surface area contributed by atoms with Gasteiger partial charge in [0.15, 0.2) is 5.82 Å². The molecule has 2 heterocycles. The molecule has 0 aliphatic heterocycles. The maximum absolute atomic E-state index is 12.2. The van der Waals surface area contributed by atoms with E-state index < -0.39 is 24.0 Å². The van der Waals surface area contributed by atoms with E-state index in [1.165, 1.54) is 17.7 Å². The van der Waals surface area contributed by atoms with Crippen LogP contribution in [-0.4, -0.2) is 29.5 Å². The molecule has 0 aliphatic carbocycles. The zero-order valence-corrected chi connectivity index (χ0v) is 15.1. The second kappa shape index (κ2) is 7.87. The maximum atomic E-state index is 12.2. The first-order chi connectivity index (χ1) is 12.9. The summed E-state index contributed by atoms with van der Waals surface area (Å²) < 4.78 is 7.17. The van der Waals surface area contributed by atoms with E-state index in [1.807, 2.05) is 0 Å². The minimum atomic E-state index is -0.854. The molecule has 0 amide bonds. The first-order valence-corrected chi connectivity index (χ1v) is 8.42. The highest BCUT2D eigenvalue weighted by Gasteiger charge is 2.16. The van der Waals surface area contributed by atoms with Crippen LogP contribution < -0.4 is 11.2 Å². The standard InChI is InChI=1S/C17H17ClN4O5/c1-21-12(9-23)6-16(25)22(17(21)26)8-15-19-14(20-27-15)7-13(24)10-2-4-11(18)5-3-10/h2-6,13,23-24H,7-9H2,1H3/t13-/m0/s1. The van der Waals surface area contributed by atoms with Gasteiger partial charge in [-0.05, 0) is 17.7 Å². The molecule has 0 bridgehead atoms. The van der Waals surface area contributed by atoms with Crippen molar-refractivity contribution in [2.45, 2.75) is 25.7 Å². The highest BCUT2D eigenvalue weighted by molar-refractivity contribution is 6.30. The van der Waals surface area contributed by atoms with Crippen molar-refractivity contribution in [2.75, 3.05) is 0 Å². The summed E-state index contributed by atoms with van der Waals surface area (Å²) in [6.07, 6.45) is -0.756. The van der Waals surface area contributed by atoms with Gasteiger partial charge in [-0.1, -0.05) is 28.9 Å². The molecule has 27 heavy (non-hydrogen) atoms. The van der Waals surface area contributed by atoms with Crippen LogP contribution in [0.25, 0.3) is 0 Å². The quantitative estimate of drug-likeness (QED) is 0.622. The second-order valence-electron chi connectivity index (χ2n) is 5.94. The molecule has 0 aliphatic rings. The van der Waals surface area contributed by atoms with Crippen LogP contribution in [0, 0.1) is 0 Å². The van der Waals surface area contributed by atoms with E-state index in [0.717, 1.165) is 4.57 Å². The molecule has 0 saturated carbocycles. The molecule has 2 aromatic heterocycles. The van der Waals surface area contributed by atoms with E-state index in [-0.39, 0.29) is 30.4 Å². The molecule has 3 rings (SSSR count). The summed E-state index contributed by atoms with van der Waals surface area (Å²) in [4.78, 5) is 28.4. The Morgan fingerprint density at radius 3 is 2.63 bits per heavy atom. The van der Waals surface area contributed by atoms with Crippen LogP contribution in [0.3, 0.4) is 0 Å². The summed E-state index contributed by atoms with van der Waals surface area (Å²) in [6, 6.07) is 7.89. The molecule has 3 aromatic rings. The van der Waals surface area contributed by atoms with Crippen LogP contribution in [0.4, 0.5) is 0 Å². The van der Waals surface area contributed by atoms with Crippen LogP contribution in [-0.2, 0) is 26.6 Å². The molecular weight excluding hydrogens is 376 g/mol. The molecule has 142 valence electrons. The molecule has 2 N–H and O–H groups in total. The van der Waals surface area contributed by atoms with Crippen molar-refractivity contribution in [3.63, 3.8) is 0 Å². The van der Waals surface area contributed by atoms with Crippen LogP contribution in [0.15, 0.2) is 44.4 Å². The minimum Gasteiger partial charge on any atom is -0.390 e. The molecule has 1 atom stereocenters. The molecule has 0 saturated heterocycles. The SMILES string of the molecule is Cn1c(CO)cc(=O)n(Cc2nc(C[C@H](O)c3ccc(Cl)cc3)no2)c1=O. The molecule has 0 spiro atoms. The Hall–Kier alpha value is -2.75. The summed E-state index contributed by atoms with van der Waals surface area (Å²) in [5, 5.41) is 23.8. The van der Waals surface area contributed by atoms with Gasteiger partial charge < -0.3 is 14.7 Å². The van der Waals surface area contributed by atoms with E-state index in [4.69, 9.17) is 21.2 Å². The fourth-order valence-corrected chi connectivity index (χ4v) is 2.69. The number of hydrogen-bond donors (Lipinski definition) is 2.